The largest absolute Gasteiger partial charge is 0.382 e. The molecule has 4 aromatic rings. The maximum absolute atomic E-state index is 12.9. The van der Waals surface area contributed by atoms with Crippen LogP contribution in [-0.4, -0.2) is 68.0 Å². The number of carbonyl (C=O) groups is 2. The summed E-state index contributed by atoms with van der Waals surface area (Å²) in [7, 11) is 3.47. The van der Waals surface area contributed by atoms with Gasteiger partial charge in [-0.1, -0.05) is 17.4 Å². The standard InChI is InChI=1S/C24H28N8O3S/c1-14-5-6-17-16(9-26-29-17)20(14)27-22(34)18-10-25-23(36-18)28-21-15(2)11-32(30-21)12-19(33)31(3)24(7-8-24)13-35-4/h5-6,9-11H,7-8,12-13H2,1-4H3,(H,26,29)(H,27,34)(H,25,28,30). The normalized spacial score (nSPS) is 14.1. The first kappa shape index (κ1) is 23.9. The molecule has 0 aliphatic heterocycles. The Balaban J connectivity index is 1.24. The molecule has 0 saturated heterocycles. The van der Waals surface area contributed by atoms with Gasteiger partial charge in [-0.05, 0) is 38.3 Å². The average Bonchev–Trinajstić information content (AvgIpc) is 3.17. The van der Waals surface area contributed by atoms with Gasteiger partial charge in [-0.3, -0.25) is 19.4 Å². The van der Waals surface area contributed by atoms with E-state index in [0.717, 1.165) is 40.6 Å². The zero-order chi connectivity index (χ0) is 25.4. The number of benzene rings is 1. The molecule has 1 saturated carbocycles. The first-order valence-corrected chi connectivity index (χ1v) is 12.4. The number of aryl methyl sites for hydroxylation is 2. The minimum atomic E-state index is -0.252. The Morgan fingerprint density at radius 1 is 1.25 bits per heavy atom. The van der Waals surface area contributed by atoms with E-state index in [-0.39, 0.29) is 23.9 Å². The van der Waals surface area contributed by atoms with Crippen LogP contribution in [0.3, 0.4) is 0 Å². The van der Waals surface area contributed by atoms with Crippen LogP contribution in [0.5, 0.6) is 0 Å². The van der Waals surface area contributed by atoms with Gasteiger partial charge in [0.25, 0.3) is 5.91 Å². The smallest absolute Gasteiger partial charge is 0.267 e. The summed E-state index contributed by atoms with van der Waals surface area (Å²) >= 11 is 1.23. The van der Waals surface area contributed by atoms with E-state index in [4.69, 9.17) is 4.74 Å². The molecule has 1 fully saturated rings. The second kappa shape index (κ2) is 9.36. The zero-order valence-electron chi connectivity index (χ0n) is 20.6. The van der Waals surface area contributed by atoms with Gasteiger partial charge in [-0.2, -0.15) is 10.2 Å². The van der Waals surface area contributed by atoms with E-state index < -0.39 is 0 Å². The molecule has 188 valence electrons. The van der Waals surface area contributed by atoms with E-state index in [0.29, 0.717) is 22.4 Å². The highest BCUT2D eigenvalue weighted by molar-refractivity contribution is 7.17. The van der Waals surface area contributed by atoms with E-state index in [1.54, 1.807) is 22.9 Å². The quantitative estimate of drug-likeness (QED) is 0.316. The lowest BCUT2D eigenvalue weighted by Crippen LogP contribution is -2.43. The molecule has 12 heteroatoms. The van der Waals surface area contributed by atoms with E-state index in [2.05, 4.69) is 30.9 Å². The van der Waals surface area contributed by atoms with Crippen LogP contribution in [0.25, 0.3) is 10.9 Å². The Labute approximate surface area is 211 Å². The number of nitrogens with one attached hydrogen (secondary N) is 3. The molecule has 1 aliphatic carbocycles. The second-order valence-electron chi connectivity index (χ2n) is 9.17. The van der Waals surface area contributed by atoms with Gasteiger partial charge in [0.05, 0.1) is 35.7 Å². The number of likely N-dealkylation sites (N-methyl/N-ethyl adjacent to an activating group) is 1. The maximum Gasteiger partial charge on any atom is 0.267 e. The predicted molar refractivity (Wildman–Crippen MR) is 138 cm³/mol. The number of fused-ring (bicyclic) bond motifs is 1. The minimum Gasteiger partial charge on any atom is -0.382 e. The molecular formula is C24H28N8O3S. The molecule has 0 bridgehead atoms. The van der Waals surface area contributed by atoms with Crippen molar-refractivity contribution in [2.24, 2.45) is 0 Å². The monoisotopic (exact) mass is 508 g/mol. The van der Waals surface area contributed by atoms with Crippen LogP contribution in [0.15, 0.2) is 30.7 Å². The van der Waals surface area contributed by atoms with Crippen molar-refractivity contribution in [3.8, 4) is 0 Å². The van der Waals surface area contributed by atoms with Crippen molar-refractivity contribution in [2.75, 3.05) is 31.4 Å². The van der Waals surface area contributed by atoms with Gasteiger partial charge in [-0.15, -0.1) is 0 Å². The third-order valence-corrected chi connectivity index (χ3v) is 7.51. The van der Waals surface area contributed by atoms with Crippen molar-refractivity contribution in [1.29, 1.82) is 0 Å². The molecule has 11 nitrogen and oxygen atoms in total. The summed E-state index contributed by atoms with van der Waals surface area (Å²) in [6.45, 7) is 4.51. The number of amides is 2. The molecule has 36 heavy (non-hydrogen) atoms. The Morgan fingerprint density at radius 3 is 2.81 bits per heavy atom. The van der Waals surface area contributed by atoms with Crippen molar-refractivity contribution in [1.82, 2.24) is 29.9 Å². The van der Waals surface area contributed by atoms with Gasteiger partial charge < -0.3 is 20.3 Å². The lowest BCUT2D eigenvalue weighted by Gasteiger charge is -2.27. The van der Waals surface area contributed by atoms with Crippen LogP contribution >= 0.6 is 11.3 Å². The fourth-order valence-electron chi connectivity index (χ4n) is 4.23. The zero-order valence-corrected chi connectivity index (χ0v) is 21.4. The van der Waals surface area contributed by atoms with Crippen molar-refractivity contribution < 1.29 is 14.3 Å². The second-order valence-corrected chi connectivity index (χ2v) is 10.2. The van der Waals surface area contributed by atoms with Gasteiger partial charge in [0.1, 0.15) is 11.4 Å². The topological polar surface area (TPSA) is 130 Å². The highest BCUT2D eigenvalue weighted by atomic mass is 32.1. The molecule has 0 radical (unpaired) electrons. The molecule has 1 aromatic carbocycles. The lowest BCUT2D eigenvalue weighted by molar-refractivity contribution is -0.134. The molecular weight excluding hydrogens is 480 g/mol. The number of carbonyl (C=O) groups excluding carboxylic acids is 2. The number of anilines is 3. The van der Waals surface area contributed by atoms with Crippen LogP contribution in [0.1, 0.15) is 33.6 Å². The third kappa shape index (κ3) is 4.56. The Kier molecular flexibility index (Phi) is 6.22. The average molecular weight is 509 g/mol. The van der Waals surface area contributed by atoms with Gasteiger partial charge in [-0.25, -0.2) is 4.98 Å². The molecule has 3 N–H and O–H groups in total. The summed E-state index contributed by atoms with van der Waals surface area (Å²) in [4.78, 5) is 32.3. The molecule has 2 amide bonds. The van der Waals surface area contributed by atoms with E-state index in [1.807, 2.05) is 39.2 Å². The van der Waals surface area contributed by atoms with Crippen LogP contribution in [0.2, 0.25) is 0 Å². The van der Waals surface area contributed by atoms with Crippen molar-refractivity contribution >= 4 is 50.7 Å². The minimum absolute atomic E-state index is 0.0188. The number of ether oxygens (including phenoxy) is 1. The molecule has 0 spiro atoms. The Hall–Kier alpha value is -3.77. The first-order valence-electron chi connectivity index (χ1n) is 11.6. The molecule has 5 rings (SSSR count). The number of hydrogen-bond acceptors (Lipinski definition) is 8. The Morgan fingerprint density at radius 2 is 2.06 bits per heavy atom. The summed E-state index contributed by atoms with van der Waals surface area (Å²) < 4.78 is 6.91. The summed E-state index contributed by atoms with van der Waals surface area (Å²) in [5.41, 5.74) is 3.19. The van der Waals surface area contributed by atoms with E-state index in [9.17, 15) is 9.59 Å². The van der Waals surface area contributed by atoms with Crippen molar-refractivity contribution in [2.45, 2.75) is 38.8 Å². The number of rotatable bonds is 9. The number of H-pyrrole nitrogens is 1. The van der Waals surface area contributed by atoms with E-state index in [1.165, 1.54) is 17.5 Å². The summed E-state index contributed by atoms with van der Waals surface area (Å²) in [6.07, 6.45) is 6.94. The highest BCUT2D eigenvalue weighted by Crippen LogP contribution is 2.41. The van der Waals surface area contributed by atoms with Crippen molar-refractivity contribution in [3.05, 3.63) is 46.7 Å². The van der Waals surface area contributed by atoms with Crippen LogP contribution < -0.4 is 10.6 Å². The first-order chi connectivity index (χ1) is 17.3. The fourth-order valence-corrected chi connectivity index (χ4v) is 4.94. The van der Waals surface area contributed by atoms with Gasteiger partial charge in [0.2, 0.25) is 5.91 Å². The Bertz CT molecular complexity index is 1430. The summed E-state index contributed by atoms with van der Waals surface area (Å²) in [5, 5.41) is 19.0. The van der Waals surface area contributed by atoms with Crippen LogP contribution in [-0.2, 0) is 16.1 Å². The summed E-state index contributed by atoms with van der Waals surface area (Å²) in [6, 6.07) is 3.86. The number of aromatic amines is 1. The third-order valence-electron chi connectivity index (χ3n) is 6.59. The molecule has 0 atom stereocenters. The number of thiazole rings is 1. The van der Waals surface area contributed by atoms with Crippen molar-refractivity contribution in [3.63, 3.8) is 0 Å². The van der Waals surface area contributed by atoms with E-state index >= 15 is 0 Å². The number of aromatic nitrogens is 5. The lowest BCUT2D eigenvalue weighted by atomic mass is 10.1. The highest BCUT2D eigenvalue weighted by Gasteiger charge is 2.48. The van der Waals surface area contributed by atoms with Gasteiger partial charge in [0, 0.05) is 31.3 Å². The number of methoxy groups -OCH3 is 1. The molecule has 0 unspecified atom stereocenters. The van der Waals surface area contributed by atoms with Gasteiger partial charge >= 0.3 is 0 Å². The van der Waals surface area contributed by atoms with Crippen LogP contribution in [0, 0.1) is 13.8 Å². The predicted octanol–water partition coefficient (Wildman–Crippen LogP) is 3.47. The number of nitrogens with zero attached hydrogens (tertiary/aromatic N) is 5. The molecule has 3 heterocycles. The SMILES string of the molecule is COCC1(N(C)C(=O)Cn2cc(C)c(Nc3ncc(C(=O)Nc4c(C)ccc5[nH]ncc45)s3)n2)CC1. The maximum atomic E-state index is 12.9. The molecule has 3 aromatic heterocycles. The summed E-state index contributed by atoms with van der Waals surface area (Å²) in [5.74, 6) is 0.317. The van der Waals surface area contributed by atoms with Crippen LogP contribution in [0.4, 0.5) is 16.6 Å². The fraction of sp³-hybridized carbons (Fsp3) is 0.375. The van der Waals surface area contributed by atoms with Gasteiger partial charge in [0.15, 0.2) is 10.9 Å². The number of hydrogen-bond donors (Lipinski definition) is 3. The molecule has 1 aliphatic rings.